The number of benzene rings is 1. The van der Waals surface area contributed by atoms with Crippen LogP contribution in [0.15, 0.2) is 18.2 Å². The molecule has 1 N–H and O–H groups in total. The van der Waals surface area contributed by atoms with Crippen molar-refractivity contribution >= 4 is 35.0 Å². The van der Waals surface area contributed by atoms with Gasteiger partial charge in [0.2, 0.25) is 11.8 Å². The molecule has 1 unspecified atom stereocenters. The van der Waals surface area contributed by atoms with E-state index in [9.17, 15) is 9.59 Å². The minimum absolute atomic E-state index is 0.161. The quantitative estimate of drug-likeness (QED) is 0.863. The Balaban J connectivity index is 1.98. The Kier molecular flexibility index (Phi) is 3.90. The Morgan fingerprint density at radius 3 is 2.61 bits per heavy atom. The number of nitrogens with zero attached hydrogens (tertiary/aromatic N) is 1. The van der Waals surface area contributed by atoms with Crippen LogP contribution in [0, 0.1) is 0 Å². The minimum atomic E-state index is -0.447. The molecule has 1 saturated heterocycles. The number of halogens is 2. The van der Waals surface area contributed by atoms with E-state index in [-0.39, 0.29) is 18.2 Å². The Morgan fingerprint density at radius 1 is 1.33 bits per heavy atom. The highest BCUT2D eigenvalue weighted by Crippen LogP contribution is 2.22. The number of imide groups is 1. The second-order valence-corrected chi connectivity index (χ2v) is 4.99. The van der Waals surface area contributed by atoms with Crippen LogP contribution in [0.5, 0.6) is 0 Å². The van der Waals surface area contributed by atoms with Gasteiger partial charge in [-0.05, 0) is 17.7 Å². The summed E-state index contributed by atoms with van der Waals surface area (Å²) in [5.41, 5.74) is 0.916. The van der Waals surface area contributed by atoms with Gasteiger partial charge in [-0.1, -0.05) is 29.3 Å². The molecule has 1 fully saturated rings. The number of hydrogen-bond donors (Lipinski definition) is 1. The van der Waals surface area contributed by atoms with E-state index in [2.05, 4.69) is 5.32 Å². The Labute approximate surface area is 115 Å². The predicted molar refractivity (Wildman–Crippen MR) is 69.5 cm³/mol. The van der Waals surface area contributed by atoms with Crippen molar-refractivity contribution in [2.45, 2.75) is 19.0 Å². The number of likely N-dealkylation sites (N-methyl/N-ethyl adjacent to an activating group) is 1. The van der Waals surface area contributed by atoms with E-state index in [4.69, 9.17) is 23.2 Å². The van der Waals surface area contributed by atoms with Gasteiger partial charge >= 0.3 is 0 Å². The lowest BCUT2D eigenvalue weighted by atomic mass is 10.2. The number of rotatable bonds is 3. The molecule has 4 nitrogen and oxygen atoms in total. The van der Waals surface area contributed by atoms with Gasteiger partial charge < -0.3 is 5.32 Å². The van der Waals surface area contributed by atoms with Crippen LogP contribution >= 0.6 is 23.2 Å². The molecule has 6 heteroatoms. The molecule has 96 valence electrons. The highest BCUT2D eigenvalue weighted by atomic mass is 35.5. The summed E-state index contributed by atoms with van der Waals surface area (Å²) in [6.45, 7) is 0.467. The zero-order chi connectivity index (χ0) is 13.3. The van der Waals surface area contributed by atoms with Crippen LogP contribution < -0.4 is 5.32 Å². The molecule has 0 radical (unpaired) electrons. The lowest BCUT2D eigenvalue weighted by Crippen LogP contribution is -2.36. The topological polar surface area (TPSA) is 49.4 Å². The largest absolute Gasteiger partial charge is 0.301 e. The van der Waals surface area contributed by atoms with Crippen LogP contribution in [0.1, 0.15) is 12.0 Å². The molecule has 2 amide bonds. The Bertz CT molecular complexity index is 505. The summed E-state index contributed by atoms with van der Waals surface area (Å²) in [6, 6.07) is 4.82. The maximum atomic E-state index is 11.7. The third-order valence-electron chi connectivity index (χ3n) is 2.92. The van der Waals surface area contributed by atoms with Gasteiger partial charge in [-0.15, -0.1) is 0 Å². The summed E-state index contributed by atoms with van der Waals surface area (Å²) in [6.07, 6.45) is 0.205. The average Bonchev–Trinajstić information content (AvgIpc) is 2.58. The van der Waals surface area contributed by atoms with Crippen molar-refractivity contribution in [1.82, 2.24) is 10.2 Å². The van der Waals surface area contributed by atoms with Gasteiger partial charge in [0.25, 0.3) is 0 Å². The molecule has 0 spiro atoms. The fraction of sp³-hybridized carbons (Fsp3) is 0.333. The summed E-state index contributed by atoms with van der Waals surface area (Å²) in [7, 11) is 1.49. The van der Waals surface area contributed by atoms with Crippen molar-refractivity contribution in [2.75, 3.05) is 7.05 Å². The first kappa shape index (κ1) is 13.3. The first-order valence-corrected chi connectivity index (χ1v) is 6.22. The van der Waals surface area contributed by atoms with Crippen LogP contribution in [0.4, 0.5) is 0 Å². The maximum Gasteiger partial charge on any atom is 0.246 e. The van der Waals surface area contributed by atoms with Crippen molar-refractivity contribution in [3.05, 3.63) is 33.8 Å². The Morgan fingerprint density at radius 2 is 2.06 bits per heavy atom. The minimum Gasteiger partial charge on any atom is -0.301 e. The molecule has 0 aliphatic carbocycles. The zero-order valence-corrected chi connectivity index (χ0v) is 11.3. The molecule has 1 aromatic rings. The second-order valence-electron chi connectivity index (χ2n) is 4.18. The molecular formula is C12H12Cl2N2O2. The van der Waals surface area contributed by atoms with Crippen LogP contribution in [-0.2, 0) is 16.1 Å². The van der Waals surface area contributed by atoms with E-state index < -0.39 is 6.04 Å². The SMILES string of the molecule is CN1C(=O)CC(NCc2ccc(Cl)c(Cl)c2)C1=O. The van der Waals surface area contributed by atoms with Crippen LogP contribution in [0.25, 0.3) is 0 Å². The molecule has 0 bridgehead atoms. The maximum absolute atomic E-state index is 11.7. The molecular weight excluding hydrogens is 275 g/mol. The molecule has 1 aliphatic heterocycles. The van der Waals surface area contributed by atoms with E-state index in [1.165, 1.54) is 7.05 Å². The van der Waals surface area contributed by atoms with Gasteiger partial charge in [0, 0.05) is 13.6 Å². The number of hydrogen-bond acceptors (Lipinski definition) is 3. The molecule has 2 rings (SSSR count). The van der Waals surface area contributed by atoms with Gasteiger partial charge in [0.1, 0.15) is 0 Å². The molecule has 0 aromatic heterocycles. The number of nitrogens with one attached hydrogen (secondary N) is 1. The third kappa shape index (κ3) is 2.66. The number of amides is 2. The smallest absolute Gasteiger partial charge is 0.246 e. The average molecular weight is 287 g/mol. The van der Waals surface area contributed by atoms with Gasteiger partial charge in [-0.3, -0.25) is 14.5 Å². The summed E-state index contributed by atoms with van der Waals surface area (Å²) in [4.78, 5) is 24.1. The number of carbonyl (C=O) groups is 2. The van der Waals surface area contributed by atoms with Crippen LogP contribution in [-0.4, -0.2) is 29.8 Å². The molecule has 1 aliphatic rings. The standard InChI is InChI=1S/C12H12Cl2N2O2/c1-16-11(17)5-10(12(16)18)15-6-7-2-3-8(13)9(14)4-7/h2-4,10,15H,5-6H2,1H3. The Hall–Kier alpha value is -1.10. The monoisotopic (exact) mass is 286 g/mol. The summed E-state index contributed by atoms with van der Waals surface area (Å²) in [5, 5.41) is 4.01. The fourth-order valence-electron chi connectivity index (χ4n) is 1.81. The van der Waals surface area contributed by atoms with E-state index >= 15 is 0 Å². The van der Waals surface area contributed by atoms with Crippen LogP contribution in [0.3, 0.4) is 0 Å². The summed E-state index contributed by atoms with van der Waals surface area (Å²) in [5.74, 6) is -0.355. The molecule has 1 atom stereocenters. The fourth-order valence-corrected chi connectivity index (χ4v) is 2.13. The van der Waals surface area contributed by atoms with E-state index in [0.29, 0.717) is 16.6 Å². The summed E-state index contributed by atoms with van der Waals surface area (Å²) >= 11 is 11.7. The van der Waals surface area contributed by atoms with Crippen LogP contribution in [0.2, 0.25) is 10.0 Å². The predicted octanol–water partition coefficient (Wildman–Crippen LogP) is 1.84. The van der Waals surface area contributed by atoms with Crippen molar-refractivity contribution in [1.29, 1.82) is 0 Å². The first-order chi connectivity index (χ1) is 8.49. The number of likely N-dealkylation sites (tertiary alicyclic amines) is 1. The van der Waals surface area contributed by atoms with Gasteiger partial charge in [-0.2, -0.15) is 0 Å². The van der Waals surface area contributed by atoms with Crippen molar-refractivity contribution < 1.29 is 9.59 Å². The van der Waals surface area contributed by atoms with E-state index in [0.717, 1.165) is 10.5 Å². The molecule has 0 saturated carbocycles. The lowest BCUT2D eigenvalue weighted by molar-refractivity contribution is -0.137. The second kappa shape index (κ2) is 5.26. The zero-order valence-electron chi connectivity index (χ0n) is 9.74. The normalized spacial score (nSPS) is 19.7. The van der Waals surface area contributed by atoms with Gasteiger partial charge in [0.05, 0.1) is 22.5 Å². The lowest BCUT2D eigenvalue weighted by Gasteiger charge is -2.11. The van der Waals surface area contributed by atoms with E-state index in [1.54, 1.807) is 12.1 Å². The first-order valence-electron chi connectivity index (χ1n) is 5.46. The van der Waals surface area contributed by atoms with Crippen molar-refractivity contribution in [2.24, 2.45) is 0 Å². The van der Waals surface area contributed by atoms with Crippen molar-refractivity contribution in [3.63, 3.8) is 0 Å². The molecule has 18 heavy (non-hydrogen) atoms. The highest BCUT2D eigenvalue weighted by Gasteiger charge is 2.35. The summed E-state index contributed by atoms with van der Waals surface area (Å²) < 4.78 is 0. The third-order valence-corrected chi connectivity index (χ3v) is 3.66. The molecule has 1 heterocycles. The molecule has 1 aromatic carbocycles. The van der Waals surface area contributed by atoms with Gasteiger partial charge in [0.15, 0.2) is 0 Å². The van der Waals surface area contributed by atoms with Gasteiger partial charge in [-0.25, -0.2) is 0 Å². The van der Waals surface area contributed by atoms with E-state index in [1.807, 2.05) is 6.07 Å². The van der Waals surface area contributed by atoms with Crippen molar-refractivity contribution in [3.8, 4) is 0 Å². The number of carbonyl (C=O) groups excluding carboxylic acids is 2. The highest BCUT2D eigenvalue weighted by molar-refractivity contribution is 6.42.